The van der Waals surface area contributed by atoms with E-state index in [0.29, 0.717) is 12.0 Å². The first-order chi connectivity index (χ1) is 11.3. The highest BCUT2D eigenvalue weighted by Gasteiger charge is 2.24. The van der Waals surface area contributed by atoms with Crippen molar-refractivity contribution in [3.05, 3.63) is 46.2 Å². The Kier molecular flexibility index (Phi) is 4.18. The Bertz CT molecular complexity index is 702. The highest BCUT2D eigenvalue weighted by molar-refractivity contribution is 7.99. The van der Waals surface area contributed by atoms with E-state index in [2.05, 4.69) is 12.1 Å². The first-order valence-electron chi connectivity index (χ1n) is 7.64. The molecule has 0 N–H and O–H groups in total. The van der Waals surface area contributed by atoms with E-state index in [0.717, 1.165) is 42.3 Å². The van der Waals surface area contributed by atoms with Crippen LogP contribution in [0, 0.1) is 0 Å². The van der Waals surface area contributed by atoms with Crippen molar-refractivity contribution >= 4 is 29.0 Å². The van der Waals surface area contributed by atoms with E-state index in [9.17, 15) is 4.79 Å². The van der Waals surface area contributed by atoms with Crippen LogP contribution in [0.15, 0.2) is 35.0 Å². The molecule has 0 saturated carbocycles. The third-order valence-corrected chi connectivity index (χ3v) is 6.18. The Morgan fingerprint density at radius 3 is 2.96 bits per heavy atom. The fraction of sp³-hybridized carbons (Fsp3) is 0.353. The van der Waals surface area contributed by atoms with Gasteiger partial charge in [-0.3, -0.25) is 4.79 Å². The summed E-state index contributed by atoms with van der Waals surface area (Å²) >= 11 is 3.48. The van der Waals surface area contributed by atoms with E-state index in [1.54, 1.807) is 11.3 Å². The van der Waals surface area contributed by atoms with Crippen LogP contribution in [0.3, 0.4) is 0 Å². The molecule has 6 heteroatoms. The molecule has 1 atom stereocenters. The van der Waals surface area contributed by atoms with Crippen LogP contribution in [-0.2, 0) is 0 Å². The summed E-state index contributed by atoms with van der Waals surface area (Å²) in [7, 11) is 0. The molecule has 120 valence electrons. The monoisotopic (exact) mass is 347 g/mol. The molecule has 1 saturated heterocycles. The number of thioether (sulfide) groups is 1. The first kappa shape index (κ1) is 14.9. The lowest BCUT2D eigenvalue weighted by atomic mass is 10.1. The van der Waals surface area contributed by atoms with Crippen LogP contribution >= 0.6 is 23.1 Å². The standard InChI is InChI=1S/C17H17NO3S2/c19-17(13-4-7-22-10-13)18-5-3-16(23-8-6-18)12-1-2-14-15(9-12)21-11-20-14/h1-2,4,7,9-10,16H,3,5-6,8,11H2. The van der Waals surface area contributed by atoms with Gasteiger partial charge < -0.3 is 14.4 Å². The average Bonchev–Trinajstić information content (AvgIpc) is 3.20. The second-order valence-electron chi connectivity index (χ2n) is 5.57. The summed E-state index contributed by atoms with van der Waals surface area (Å²) in [4.78, 5) is 14.5. The van der Waals surface area contributed by atoms with Gasteiger partial charge in [0.05, 0.1) is 5.56 Å². The molecule has 0 radical (unpaired) electrons. The molecule has 1 fully saturated rings. The third-order valence-electron chi connectivity index (χ3n) is 4.17. The Hall–Kier alpha value is -1.66. The largest absolute Gasteiger partial charge is 0.454 e. The SMILES string of the molecule is O=C(c1ccsc1)N1CCSC(c2ccc3c(c2)OCO3)CC1. The molecule has 0 bridgehead atoms. The highest BCUT2D eigenvalue weighted by Crippen LogP contribution is 2.40. The minimum absolute atomic E-state index is 0.151. The van der Waals surface area contributed by atoms with Crippen molar-refractivity contribution in [2.75, 3.05) is 25.6 Å². The average molecular weight is 347 g/mol. The van der Waals surface area contributed by atoms with Crippen LogP contribution in [0.5, 0.6) is 11.5 Å². The molecule has 0 spiro atoms. The molecule has 23 heavy (non-hydrogen) atoms. The van der Waals surface area contributed by atoms with E-state index in [1.165, 1.54) is 5.56 Å². The van der Waals surface area contributed by atoms with Crippen LogP contribution in [0.25, 0.3) is 0 Å². The Morgan fingerprint density at radius 2 is 2.09 bits per heavy atom. The number of hydrogen-bond donors (Lipinski definition) is 0. The fourth-order valence-electron chi connectivity index (χ4n) is 2.92. The highest BCUT2D eigenvalue weighted by atomic mass is 32.2. The summed E-state index contributed by atoms with van der Waals surface area (Å²) in [6.07, 6.45) is 0.959. The maximum absolute atomic E-state index is 12.5. The lowest BCUT2D eigenvalue weighted by Crippen LogP contribution is -2.32. The van der Waals surface area contributed by atoms with Crippen molar-refractivity contribution in [2.24, 2.45) is 0 Å². The molecule has 1 aromatic heterocycles. The number of fused-ring (bicyclic) bond motifs is 1. The molecule has 2 aromatic rings. The molecule has 2 aliphatic rings. The van der Waals surface area contributed by atoms with Crippen LogP contribution < -0.4 is 9.47 Å². The zero-order valence-electron chi connectivity index (χ0n) is 12.6. The fourth-order valence-corrected chi connectivity index (χ4v) is 4.77. The normalized spacial score (nSPS) is 20.3. The Labute approximate surface area is 143 Å². The maximum Gasteiger partial charge on any atom is 0.254 e. The minimum Gasteiger partial charge on any atom is -0.454 e. The second kappa shape index (κ2) is 6.45. The molecule has 1 unspecified atom stereocenters. The van der Waals surface area contributed by atoms with Gasteiger partial charge in [-0.25, -0.2) is 0 Å². The first-order valence-corrected chi connectivity index (χ1v) is 9.63. The lowest BCUT2D eigenvalue weighted by Gasteiger charge is -2.19. The van der Waals surface area contributed by atoms with Crippen LogP contribution in [0.2, 0.25) is 0 Å². The number of rotatable bonds is 2. The Balaban J connectivity index is 1.46. The quantitative estimate of drug-likeness (QED) is 0.828. The van der Waals surface area contributed by atoms with Crippen molar-refractivity contribution in [2.45, 2.75) is 11.7 Å². The van der Waals surface area contributed by atoms with Crippen molar-refractivity contribution < 1.29 is 14.3 Å². The van der Waals surface area contributed by atoms with Gasteiger partial charge in [0.25, 0.3) is 5.91 Å². The Morgan fingerprint density at radius 1 is 1.17 bits per heavy atom. The number of benzene rings is 1. The number of amides is 1. The van der Waals surface area contributed by atoms with Crippen LogP contribution in [0.4, 0.5) is 0 Å². The van der Waals surface area contributed by atoms with Crippen LogP contribution in [0.1, 0.15) is 27.6 Å². The van der Waals surface area contributed by atoms with E-state index in [1.807, 2.05) is 39.6 Å². The molecule has 2 aliphatic heterocycles. The lowest BCUT2D eigenvalue weighted by molar-refractivity contribution is 0.0767. The number of carbonyl (C=O) groups excluding carboxylic acids is 1. The van der Waals surface area contributed by atoms with Crippen molar-refractivity contribution in [1.29, 1.82) is 0 Å². The predicted molar refractivity (Wildman–Crippen MR) is 92.6 cm³/mol. The number of thiophene rings is 1. The molecular weight excluding hydrogens is 330 g/mol. The molecule has 3 heterocycles. The van der Waals surface area contributed by atoms with Gasteiger partial charge in [-0.2, -0.15) is 23.1 Å². The molecule has 1 amide bonds. The van der Waals surface area contributed by atoms with Gasteiger partial charge in [-0.05, 0) is 35.6 Å². The van der Waals surface area contributed by atoms with Crippen molar-refractivity contribution in [3.8, 4) is 11.5 Å². The summed E-state index contributed by atoms with van der Waals surface area (Å²) in [6, 6.07) is 8.08. The molecule has 4 nitrogen and oxygen atoms in total. The molecule has 1 aromatic carbocycles. The third kappa shape index (κ3) is 3.05. The molecule has 4 rings (SSSR count). The van der Waals surface area contributed by atoms with Crippen molar-refractivity contribution in [1.82, 2.24) is 4.90 Å². The summed E-state index contributed by atoms with van der Waals surface area (Å²) in [5, 5.41) is 4.27. The number of hydrogen-bond acceptors (Lipinski definition) is 5. The second-order valence-corrected chi connectivity index (χ2v) is 7.66. The van der Waals surface area contributed by atoms with E-state index >= 15 is 0 Å². The van der Waals surface area contributed by atoms with Gasteiger partial charge in [-0.1, -0.05) is 6.07 Å². The van der Waals surface area contributed by atoms with E-state index < -0.39 is 0 Å². The topological polar surface area (TPSA) is 38.8 Å². The molecule has 0 aliphatic carbocycles. The van der Waals surface area contributed by atoms with Gasteiger partial charge in [0.15, 0.2) is 11.5 Å². The summed E-state index contributed by atoms with van der Waals surface area (Å²) in [5.74, 6) is 2.76. The zero-order chi connectivity index (χ0) is 15.6. The summed E-state index contributed by atoms with van der Waals surface area (Å²) in [6.45, 7) is 1.90. The number of nitrogens with zero attached hydrogens (tertiary/aromatic N) is 1. The predicted octanol–water partition coefficient (Wildman–Crippen LogP) is 3.80. The van der Waals surface area contributed by atoms with E-state index in [4.69, 9.17) is 9.47 Å². The van der Waals surface area contributed by atoms with Gasteiger partial charge in [-0.15, -0.1) is 0 Å². The van der Waals surface area contributed by atoms with Crippen LogP contribution in [-0.4, -0.2) is 36.4 Å². The van der Waals surface area contributed by atoms with Gasteiger partial charge in [0.1, 0.15) is 0 Å². The van der Waals surface area contributed by atoms with Gasteiger partial charge in [0.2, 0.25) is 6.79 Å². The molecular formula is C17H17NO3S2. The maximum atomic E-state index is 12.5. The smallest absolute Gasteiger partial charge is 0.254 e. The number of carbonyl (C=O) groups is 1. The zero-order valence-corrected chi connectivity index (χ0v) is 14.2. The van der Waals surface area contributed by atoms with Gasteiger partial charge >= 0.3 is 0 Å². The summed E-state index contributed by atoms with van der Waals surface area (Å²) in [5.41, 5.74) is 2.06. The van der Waals surface area contributed by atoms with E-state index in [-0.39, 0.29) is 5.91 Å². The summed E-state index contributed by atoms with van der Waals surface area (Å²) < 4.78 is 10.8. The number of ether oxygens (including phenoxy) is 2. The minimum atomic E-state index is 0.151. The van der Waals surface area contributed by atoms with Crippen molar-refractivity contribution in [3.63, 3.8) is 0 Å². The van der Waals surface area contributed by atoms with Gasteiger partial charge in [0, 0.05) is 29.5 Å².